The zero-order valence-electron chi connectivity index (χ0n) is 10.9. The van der Waals surface area contributed by atoms with Crippen LogP contribution in [-0.2, 0) is 14.3 Å². The summed E-state index contributed by atoms with van der Waals surface area (Å²) in [6.07, 6.45) is 0.377. The van der Waals surface area contributed by atoms with Crippen molar-refractivity contribution < 1.29 is 28.9 Å². The normalized spacial score (nSPS) is 24.0. The quantitative estimate of drug-likeness (QED) is 0.824. The summed E-state index contributed by atoms with van der Waals surface area (Å²) in [6.45, 7) is 1.71. The Morgan fingerprint density at radius 2 is 1.95 bits per heavy atom. The van der Waals surface area contributed by atoms with Gasteiger partial charge in [0, 0.05) is 11.6 Å². The molecule has 1 aromatic carbocycles. The number of fused-ring (bicyclic) bond motifs is 1. The van der Waals surface area contributed by atoms with E-state index in [1.54, 1.807) is 19.1 Å². The van der Waals surface area contributed by atoms with Gasteiger partial charge in [0.05, 0.1) is 12.7 Å². The number of phenols is 1. The molecule has 104 valence electrons. The third-order valence-corrected chi connectivity index (χ3v) is 3.29. The van der Waals surface area contributed by atoms with Gasteiger partial charge in [-0.2, -0.15) is 0 Å². The summed E-state index contributed by atoms with van der Waals surface area (Å²) in [7, 11) is 1.44. The molecular formula is C14H12O6. The highest BCUT2D eigenvalue weighted by Gasteiger charge is 2.41. The Hall–Kier alpha value is -2.50. The number of rotatable bonds is 2. The fourth-order valence-electron chi connectivity index (χ4n) is 2.42. The van der Waals surface area contributed by atoms with Crippen molar-refractivity contribution in [3.63, 3.8) is 0 Å². The van der Waals surface area contributed by atoms with Crippen molar-refractivity contribution in [2.75, 3.05) is 7.11 Å². The molecule has 0 aliphatic carbocycles. The summed E-state index contributed by atoms with van der Waals surface area (Å²) in [4.78, 5) is 23.6. The van der Waals surface area contributed by atoms with Crippen LogP contribution in [0.3, 0.4) is 0 Å². The van der Waals surface area contributed by atoms with E-state index in [-0.39, 0.29) is 23.0 Å². The molecule has 1 unspecified atom stereocenters. The molecule has 2 heterocycles. The van der Waals surface area contributed by atoms with E-state index in [2.05, 4.69) is 0 Å². The molecular weight excluding hydrogens is 264 g/mol. The first-order chi connectivity index (χ1) is 9.51. The second kappa shape index (κ2) is 4.26. The summed E-state index contributed by atoms with van der Waals surface area (Å²) >= 11 is 0. The predicted octanol–water partition coefficient (Wildman–Crippen LogP) is 1.48. The molecule has 20 heavy (non-hydrogen) atoms. The van der Waals surface area contributed by atoms with E-state index < -0.39 is 18.0 Å². The van der Waals surface area contributed by atoms with E-state index in [4.69, 9.17) is 14.2 Å². The van der Waals surface area contributed by atoms with Crippen LogP contribution < -0.4 is 4.74 Å². The van der Waals surface area contributed by atoms with Gasteiger partial charge in [0.25, 0.3) is 0 Å². The SMILES string of the molecule is COc1cc(O)c2c(c1)[C@H](C1=CC(C)OC1=O)OC2=O. The van der Waals surface area contributed by atoms with Gasteiger partial charge in [-0.3, -0.25) is 0 Å². The largest absolute Gasteiger partial charge is 0.507 e. The molecule has 0 bridgehead atoms. The van der Waals surface area contributed by atoms with Crippen LogP contribution in [0.1, 0.15) is 28.9 Å². The third kappa shape index (κ3) is 1.72. The second-order valence-corrected chi connectivity index (χ2v) is 4.63. The number of methoxy groups -OCH3 is 1. The van der Waals surface area contributed by atoms with Crippen molar-refractivity contribution in [1.82, 2.24) is 0 Å². The van der Waals surface area contributed by atoms with Gasteiger partial charge < -0.3 is 19.3 Å². The molecule has 0 aromatic heterocycles. The van der Waals surface area contributed by atoms with Crippen molar-refractivity contribution in [2.45, 2.75) is 19.1 Å². The maximum absolute atomic E-state index is 11.8. The molecule has 0 saturated carbocycles. The molecule has 2 aliphatic heterocycles. The summed E-state index contributed by atoms with van der Waals surface area (Å²) in [5.74, 6) is -1.04. The van der Waals surface area contributed by atoms with Crippen molar-refractivity contribution in [2.24, 2.45) is 0 Å². The number of phenolic OH excluding ortho intramolecular Hbond substituents is 1. The molecule has 6 heteroatoms. The van der Waals surface area contributed by atoms with Crippen LogP contribution in [0.15, 0.2) is 23.8 Å². The lowest BCUT2D eigenvalue weighted by Crippen LogP contribution is -2.10. The maximum Gasteiger partial charge on any atom is 0.343 e. The Morgan fingerprint density at radius 3 is 2.55 bits per heavy atom. The van der Waals surface area contributed by atoms with Gasteiger partial charge >= 0.3 is 11.9 Å². The monoisotopic (exact) mass is 276 g/mol. The predicted molar refractivity (Wildman–Crippen MR) is 66.5 cm³/mol. The average molecular weight is 276 g/mol. The van der Waals surface area contributed by atoms with Crippen LogP contribution in [0.4, 0.5) is 0 Å². The number of carbonyl (C=O) groups excluding carboxylic acids is 2. The number of benzene rings is 1. The molecule has 6 nitrogen and oxygen atoms in total. The van der Waals surface area contributed by atoms with Crippen LogP contribution in [-0.4, -0.2) is 30.3 Å². The lowest BCUT2D eigenvalue weighted by atomic mass is 9.98. The van der Waals surface area contributed by atoms with Crippen molar-refractivity contribution in [3.8, 4) is 11.5 Å². The molecule has 1 N–H and O–H groups in total. The topological polar surface area (TPSA) is 82.1 Å². The van der Waals surface area contributed by atoms with E-state index >= 15 is 0 Å². The molecule has 0 spiro atoms. The zero-order valence-corrected chi connectivity index (χ0v) is 10.9. The third-order valence-electron chi connectivity index (χ3n) is 3.29. The minimum atomic E-state index is -0.865. The van der Waals surface area contributed by atoms with E-state index in [0.29, 0.717) is 11.3 Å². The summed E-state index contributed by atoms with van der Waals surface area (Å²) in [6, 6.07) is 2.90. The first kappa shape index (κ1) is 12.5. The minimum Gasteiger partial charge on any atom is -0.507 e. The van der Waals surface area contributed by atoms with Gasteiger partial charge in [0.1, 0.15) is 23.2 Å². The number of ether oxygens (including phenoxy) is 3. The highest BCUT2D eigenvalue weighted by Crippen LogP contribution is 2.43. The van der Waals surface area contributed by atoms with E-state index in [0.717, 1.165) is 0 Å². The van der Waals surface area contributed by atoms with Gasteiger partial charge in [-0.05, 0) is 19.1 Å². The van der Waals surface area contributed by atoms with Crippen LogP contribution in [0.25, 0.3) is 0 Å². The van der Waals surface area contributed by atoms with E-state index in [1.807, 2.05) is 0 Å². The van der Waals surface area contributed by atoms with Crippen LogP contribution in [0.5, 0.6) is 11.5 Å². The van der Waals surface area contributed by atoms with Gasteiger partial charge in [-0.1, -0.05) is 0 Å². The number of hydrogen-bond acceptors (Lipinski definition) is 6. The molecule has 1 aromatic rings. The standard InChI is InChI=1S/C14H12O6/c1-6-3-9(13(16)19-6)12-8-4-7(18-2)5-10(15)11(8)14(17)20-12/h3-6,12,15H,1-2H3/t6?,12-/m1/s1. The Morgan fingerprint density at radius 1 is 1.20 bits per heavy atom. The Balaban J connectivity index is 2.12. The first-order valence-electron chi connectivity index (χ1n) is 6.06. The van der Waals surface area contributed by atoms with Gasteiger partial charge in [-0.15, -0.1) is 0 Å². The summed E-state index contributed by atoms with van der Waals surface area (Å²) < 4.78 is 15.2. The average Bonchev–Trinajstić information content (AvgIpc) is 2.89. The number of hydrogen-bond donors (Lipinski definition) is 1. The first-order valence-corrected chi connectivity index (χ1v) is 6.06. The highest BCUT2D eigenvalue weighted by atomic mass is 16.6. The van der Waals surface area contributed by atoms with Crippen molar-refractivity contribution in [1.29, 1.82) is 0 Å². The Bertz CT molecular complexity index is 645. The maximum atomic E-state index is 11.8. The number of cyclic esters (lactones) is 2. The van der Waals surface area contributed by atoms with Crippen LogP contribution in [0.2, 0.25) is 0 Å². The van der Waals surface area contributed by atoms with Gasteiger partial charge in [0.15, 0.2) is 6.10 Å². The van der Waals surface area contributed by atoms with Crippen molar-refractivity contribution >= 4 is 11.9 Å². The molecule has 0 fully saturated rings. The van der Waals surface area contributed by atoms with Crippen molar-refractivity contribution in [3.05, 3.63) is 34.9 Å². The Labute approximate surface area is 114 Å². The molecule has 0 saturated heterocycles. The fourth-order valence-corrected chi connectivity index (χ4v) is 2.42. The minimum absolute atomic E-state index is 0.0593. The Kier molecular flexibility index (Phi) is 2.67. The van der Waals surface area contributed by atoms with E-state index in [9.17, 15) is 14.7 Å². The number of aromatic hydroxyl groups is 1. The zero-order chi connectivity index (χ0) is 14.4. The van der Waals surface area contributed by atoms with E-state index in [1.165, 1.54) is 13.2 Å². The molecule has 3 rings (SSSR count). The lowest BCUT2D eigenvalue weighted by Gasteiger charge is -2.10. The smallest absolute Gasteiger partial charge is 0.343 e. The molecule has 2 atom stereocenters. The highest BCUT2D eigenvalue weighted by molar-refractivity contribution is 6.01. The van der Waals surface area contributed by atoms with Gasteiger partial charge in [0.2, 0.25) is 0 Å². The summed E-state index contributed by atoms with van der Waals surface area (Å²) in [5, 5.41) is 9.88. The number of carbonyl (C=O) groups is 2. The van der Waals surface area contributed by atoms with Gasteiger partial charge in [-0.25, -0.2) is 9.59 Å². The lowest BCUT2D eigenvalue weighted by molar-refractivity contribution is -0.139. The van der Waals surface area contributed by atoms with Crippen LogP contribution >= 0.6 is 0 Å². The molecule has 0 radical (unpaired) electrons. The van der Waals surface area contributed by atoms with Crippen LogP contribution in [0, 0.1) is 0 Å². The second-order valence-electron chi connectivity index (χ2n) is 4.63. The molecule has 2 aliphatic rings. The molecule has 0 amide bonds. The number of esters is 2. The fraction of sp³-hybridized carbons (Fsp3) is 0.286. The summed E-state index contributed by atoms with van der Waals surface area (Å²) in [5.41, 5.74) is 0.727.